The first kappa shape index (κ1) is 14.4. The zero-order valence-electron chi connectivity index (χ0n) is 10.9. The Labute approximate surface area is 112 Å². The van der Waals surface area contributed by atoms with Crippen LogP contribution in [0.1, 0.15) is 31.1 Å². The highest BCUT2D eigenvalue weighted by atomic mass is 79.9. The van der Waals surface area contributed by atoms with Crippen molar-refractivity contribution in [3.05, 3.63) is 34.3 Å². The van der Waals surface area contributed by atoms with E-state index in [4.69, 9.17) is 0 Å². The molecule has 0 aliphatic heterocycles. The molecule has 0 bridgehead atoms. The SMILES string of the molecule is CC(C)C(C)N(C)CC(=O)c1ccc(Br)cc1. The zero-order chi connectivity index (χ0) is 13.0. The van der Waals surface area contributed by atoms with Crippen molar-refractivity contribution in [2.45, 2.75) is 26.8 Å². The summed E-state index contributed by atoms with van der Waals surface area (Å²) in [6.07, 6.45) is 0. The number of hydrogen-bond acceptors (Lipinski definition) is 2. The number of Topliss-reactive ketones (excluding diaryl/α,β-unsaturated/α-hetero) is 1. The summed E-state index contributed by atoms with van der Waals surface area (Å²) in [5.74, 6) is 0.727. The highest BCUT2D eigenvalue weighted by Crippen LogP contribution is 2.13. The first-order valence-electron chi connectivity index (χ1n) is 5.91. The van der Waals surface area contributed by atoms with Gasteiger partial charge in [-0.2, -0.15) is 0 Å². The molecule has 2 nitrogen and oxygen atoms in total. The Hall–Kier alpha value is -0.670. The molecule has 1 rings (SSSR count). The van der Waals surface area contributed by atoms with Gasteiger partial charge in [0.2, 0.25) is 0 Å². The monoisotopic (exact) mass is 297 g/mol. The van der Waals surface area contributed by atoms with Gasteiger partial charge in [-0.05, 0) is 32.0 Å². The van der Waals surface area contributed by atoms with Crippen LogP contribution in [0.5, 0.6) is 0 Å². The van der Waals surface area contributed by atoms with Crippen molar-refractivity contribution in [3.8, 4) is 0 Å². The van der Waals surface area contributed by atoms with Crippen molar-refractivity contribution < 1.29 is 4.79 Å². The second-order valence-electron chi connectivity index (χ2n) is 4.83. The lowest BCUT2D eigenvalue weighted by molar-refractivity contribution is 0.0907. The van der Waals surface area contributed by atoms with Crippen LogP contribution < -0.4 is 0 Å². The van der Waals surface area contributed by atoms with E-state index >= 15 is 0 Å². The van der Waals surface area contributed by atoms with Crippen LogP contribution in [0.2, 0.25) is 0 Å². The van der Waals surface area contributed by atoms with Gasteiger partial charge in [-0.3, -0.25) is 9.69 Å². The van der Waals surface area contributed by atoms with Gasteiger partial charge in [0.1, 0.15) is 0 Å². The van der Waals surface area contributed by atoms with Crippen LogP contribution in [0.3, 0.4) is 0 Å². The summed E-state index contributed by atoms with van der Waals surface area (Å²) in [7, 11) is 2.00. The number of benzene rings is 1. The third-order valence-electron chi connectivity index (χ3n) is 3.22. The van der Waals surface area contributed by atoms with Crippen molar-refractivity contribution in [2.75, 3.05) is 13.6 Å². The fourth-order valence-electron chi connectivity index (χ4n) is 1.61. The van der Waals surface area contributed by atoms with Crippen molar-refractivity contribution in [1.82, 2.24) is 4.90 Å². The lowest BCUT2D eigenvalue weighted by Crippen LogP contribution is -2.37. The molecule has 3 heteroatoms. The summed E-state index contributed by atoms with van der Waals surface area (Å²) >= 11 is 3.37. The van der Waals surface area contributed by atoms with Crippen molar-refractivity contribution >= 4 is 21.7 Å². The maximum Gasteiger partial charge on any atom is 0.176 e. The maximum absolute atomic E-state index is 12.0. The van der Waals surface area contributed by atoms with E-state index in [-0.39, 0.29) is 5.78 Å². The van der Waals surface area contributed by atoms with E-state index in [9.17, 15) is 4.79 Å². The molecule has 0 spiro atoms. The minimum absolute atomic E-state index is 0.174. The lowest BCUT2D eigenvalue weighted by Gasteiger charge is -2.27. The quantitative estimate of drug-likeness (QED) is 0.774. The third kappa shape index (κ3) is 4.25. The predicted octanol–water partition coefficient (Wildman–Crippen LogP) is 3.61. The van der Waals surface area contributed by atoms with Crippen LogP contribution in [0.15, 0.2) is 28.7 Å². The van der Waals surface area contributed by atoms with E-state index in [1.165, 1.54) is 0 Å². The van der Waals surface area contributed by atoms with Crippen LogP contribution in [0.25, 0.3) is 0 Å². The number of carbonyl (C=O) groups excluding carboxylic acids is 1. The van der Waals surface area contributed by atoms with Gasteiger partial charge in [0, 0.05) is 16.1 Å². The standard InChI is InChI=1S/C14H20BrNO/c1-10(2)11(3)16(4)9-14(17)12-5-7-13(15)8-6-12/h5-8,10-11H,9H2,1-4H3. The Kier molecular flexibility index (Phi) is 5.34. The zero-order valence-corrected chi connectivity index (χ0v) is 12.5. The molecule has 94 valence electrons. The Bertz CT molecular complexity index is 372. The van der Waals surface area contributed by atoms with Crippen LogP contribution in [-0.4, -0.2) is 30.3 Å². The summed E-state index contributed by atoms with van der Waals surface area (Å²) in [5.41, 5.74) is 0.774. The number of halogens is 1. The fraction of sp³-hybridized carbons (Fsp3) is 0.500. The number of carbonyl (C=O) groups is 1. The molecule has 0 saturated heterocycles. The first-order valence-corrected chi connectivity index (χ1v) is 6.70. The second-order valence-corrected chi connectivity index (χ2v) is 5.75. The summed E-state index contributed by atoms with van der Waals surface area (Å²) in [4.78, 5) is 14.1. The molecule has 0 radical (unpaired) electrons. The highest BCUT2D eigenvalue weighted by Gasteiger charge is 2.16. The molecule has 1 unspecified atom stereocenters. The highest BCUT2D eigenvalue weighted by molar-refractivity contribution is 9.10. The summed E-state index contributed by atoms with van der Waals surface area (Å²) in [5, 5.41) is 0. The van der Waals surface area contributed by atoms with Gasteiger partial charge in [-0.1, -0.05) is 41.9 Å². The Morgan fingerprint density at radius 3 is 2.24 bits per heavy atom. The average molecular weight is 298 g/mol. The van der Waals surface area contributed by atoms with Gasteiger partial charge in [0.25, 0.3) is 0 Å². The molecular formula is C14H20BrNO. The van der Waals surface area contributed by atoms with Gasteiger partial charge in [-0.25, -0.2) is 0 Å². The number of ketones is 1. The molecule has 0 heterocycles. The fourth-order valence-corrected chi connectivity index (χ4v) is 1.87. The molecular weight excluding hydrogens is 278 g/mol. The molecule has 0 N–H and O–H groups in total. The van der Waals surface area contributed by atoms with Crippen LogP contribution >= 0.6 is 15.9 Å². The molecule has 0 amide bonds. The maximum atomic E-state index is 12.0. The topological polar surface area (TPSA) is 20.3 Å². The number of hydrogen-bond donors (Lipinski definition) is 0. The minimum Gasteiger partial charge on any atom is -0.296 e. The molecule has 0 saturated carbocycles. The van der Waals surface area contributed by atoms with Crippen LogP contribution in [-0.2, 0) is 0 Å². The molecule has 1 aromatic rings. The van der Waals surface area contributed by atoms with Crippen LogP contribution in [0, 0.1) is 5.92 Å². The molecule has 0 aromatic heterocycles. The van der Waals surface area contributed by atoms with Gasteiger partial charge in [0.15, 0.2) is 5.78 Å². The molecule has 0 aliphatic rings. The van der Waals surface area contributed by atoms with Crippen molar-refractivity contribution in [2.24, 2.45) is 5.92 Å². The van der Waals surface area contributed by atoms with Gasteiger partial charge < -0.3 is 0 Å². The van der Waals surface area contributed by atoms with Gasteiger partial charge in [-0.15, -0.1) is 0 Å². The van der Waals surface area contributed by atoms with Crippen LogP contribution in [0.4, 0.5) is 0 Å². The number of rotatable bonds is 5. The minimum atomic E-state index is 0.174. The lowest BCUT2D eigenvalue weighted by atomic mass is 10.0. The normalized spacial score (nSPS) is 13.1. The summed E-state index contributed by atoms with van der Waals surface area (Å²) in [6.45, 7) is 6.97. The van der Waals surface area contributed by atoms with Crippen molar-refractivity contribution in [1.29, 1.82) is 0 Å². The van der Waals surface area contributed by atoms with E-state index in [1.54, 1.807) is 0 Å². The van der Waals surface area contributed by atoms with E-state index in [0.29, 0.717) is 18.5 Å². The third-order valence-corrected chi connectivity index (χ3v) is 3.75. The molecule has 1 atom stereocenters. The summed E-state index contributed by atoms with van der Waals surface area (Å²) in [6, 6.07) is 7.94. The smallest absolute Gasteiger partial charge is 0.176 e. The number of nitrogens with zero attached hydrogens (tertiary/aromatic N) is 1. The van der Waals surface area contributed by atoms with E-state index in [1.807, 2.05) is 31.3 Å². The Balaban J connectivity index is 2.63. The summed E-state index contributed by atoms with van der Waals surface area (Å²) < 4.78 is 0.998. The van der Waals surface area contributed by atoms with E-state index in [2.05, 4.69) is 41.6 Å². The largest absolute Gasteiger partial charge is 0.296 e. The predicted molar refractivity (Wildman–Crippen MR) is 75.4 cm³/mol. The molecule has 0 aliphatic carbocycles. The second kappa shape index (κ2) is 6.31. The van der Waals surface area contributed by atoms with E-state index in [0.717, 1.165) is 10.0 Å². The Morgan fingerprint density at radius 1 is 1.24 bits per heavy atom. The Morgan fingerprint density at radius 2 is 1.76 bits per heavy atom. The van der Waals surface area contributed by atoms with E-state index < -0.39 is 0 Å². The van der Waals surface area contributed by atoms with Crippen molar-refractivity contribution in [3.63, 3.8) is 0 Å². The van der Waals surface area contributed by atoms with Gasteiger partial charge >= 0.3 is 0 Å². The molecule has 1 aromatic carbocycles. The average Bonchev–Trinajstić information content (AvgIpc) is 2.28. The molecule has 0 fully saturated rings. The van der Waals surface area contributed by atoms with Gasteiger partial charge in [0.05, 0.1) is 6.54 Å². The molecule has 17 heavy (non-hydrogen) atoms. The number of likely N-dealkylation sites (N-methyl/N-ethyl adjacent to an activating group) is 1. The first-order chi connectivity index (χ1) is 7.91.